The molecule has 1 aliphatic carbocycles. The van der Waals surface area contributed by atoms with Gasteiger partial charge in [-0.25, -0.2) is 4.39 Å². The maximum Gasteiger partial charge on any atom is 0.294 e. The molecular weight excluding hydrogens is 333 g/mol. The minimum atomic E-state index is -0.725. The summed E-state index contributed by atoms with van der Waals surface area (Å²) in [5.74, 6) is -2.26. The Hall–Kier alpha value is -1.88. The zero-order valence-electron chi connectivity index (χ0n) is 13.4. The molecule has 1 aliphatic heterocycles. The van der Waals surface area contributed by atoms with Crippen molar-refractivity contribution < 1.29 is 19.1 Å². The van der Waals surface area contributed by atoms with Crippen molar-refractivity contribution in [2.75, 3.05) is 4.90 Å². The Morgan fingerprint density at radius 2 is 1.96 bits per heavy atom. The van der Waals surface area contributed by atoms with Gasteiger partial charge in [0.25, 0.3) is 5.91 Å². The van der Waals surface area contributed by atoms with Gasteiger partial charge in [0, 0.05) is 5.02 Å². The van der Waals surface area contributed by atoms with Crippen molar-refractivity contribution in [2.45, 2.75) is 45.1 Å². The smallest absolute Gasteiger partial charge is 0.294 e. The van der Waals surface area contributed by atoms with Crippen LogP contribution in [-0.4, -0.2) is 22.8 Å². The van der Waals surface area contributed by atoms with Crippen LogP contribution in [0.3, 0.4) is 0 Å². The summed E-state index contributed by atoms with van der Waals surface area (Å²) in [6, 6.07) is 3.42. The van der Waals surface area contributed by atoms with Gasteiger partial charge in [-0.1, -0.05) is 30.9 Å². The van der Waals surface area contributed by atoms with Crippen LogP contribution in [0.4, 0.5) is 10.1 Å². The van der Waals surface area contributed by atoms with Gasteiger partial charge in [-0.05, 0) is 43.9 Å². The first kappa shape index (κ1) is 17.0. The number of Topliss-reactive ketones (excluding diaryl/α,β-unsaturated/α-hetero) is 1. The molecule has 0 unspecified atom stereocenters. The van der Waals surface area contributed by atoms with Gasteiger partial charge in [0.05, 0.1) is 17.3 Å². The number of aliphatic hydroxyl groups excluding tert-OH is 1. The number of anilines is 1. The van der Waals surface area contributed by atoms with Crippen molar-refractivity contribution in [3.8, 4) is 0 Å². The number of halogens is 2. The third kappa shape index (κ3) is 2.81. The fraction of sp³-hybridized carbons (Fsp3) is 0.444. The molecule has 0 bridgehead atoms. The molecule has 4 nitrogen and oxygen atoms in total. The molecule has 2 aliphatic rings. The number of aliphatic hydroxyl groups is 1. The van der Waals surface area contributed by atoms with E-state index in [0.717, 1.165) is 38.2 Å². The van der Waals surface area contributed by atoms with Gasteiger partial charge in [-0.3, -0.25) is 14.5 Å². The zero-order valence-corrected chi connectivity index (χ0v) is 14.1. The molecule has 0 spiro atoms. The van der Waals surface area contributed by atoms with Crippen molar-refractivity contribution in [3.63, 3.8) is 0 Å². The second kappa shape index (κ2) is 6.55. The Morgan fingerprint density at radius 1 is 1.29 bits per heavy atom. The molecule has 3 rings (SSSR count). The molecule has 0 saturated heterocycles. The van der Waals surface area contributed by atoms with Crippen molar-refractivity contribution >= 4 is 29.0 Å². The topological polar surface area (TPSA) is 57.6 Å². The highest BCUT2D eigenvalue weighted by molar-refractivity contribution is 6.30. The van der Waals surface area contributed by atoms with Gasteiger partial charge < -0.3 is 5.11 Å². The molecule has 1 aromatic rings. The van der Waals surface area contributed by atoms with Crippen LogP contribution in [0.2, 0.25) is 5.02 Å². The van der Waals surface area contributed by atoms with Gasteiger partial charge in [0.2, 0.25) is 0 Å². The first-order valence-electron chi connectivity index (χ1n) is 8.14. The second-order valence-electron chi connectivity index (χ2n) is 6.43. The van der Waals surface area contributed by atoms with Crippen molar-refractivity contribution in [1.82, 2.24) is 0 Å². The normalized spacial score (nSPS) is 22.4. The second-order valence-corrected chi connectivity index (χ2v) is 6.87. The quantitative estimate of drug-likeness (QED) is 0.888. The molecule has 1 amide bonds. The highest BCUT2D eigenvalue weighted by Gasteiger charge is 2.46. The maximum absolute atomic E-state index is 14.4. The third-order valence-corrected chi connectivity index (χ3v) is 5.13. The standard InChI is InChI=1S/C18H19ClFNO3/c1-10(22)15-16(11-5-3-2-4-6-11)21(18(24)17(15)23)14-8-7-12(19)9-13(14)20/h7-9,11,16,23H,2-6H2,1H3/t16-/m1/s1. The van der Waals surface area contributed by atoms with Crippen LogP contribution in [-0.2, 0) is 9.59 Å². The number of rotatable bonds is 3. The Morgan fingerprint density at radius 3 is 2.54 bits per heavy atom. The van der Waals surface area contributed by atoms with E-state index in [2.05, 4.69) is 0 Å². The monoisotopic (exact) mass is 351 g/mol. The van der Waals surface area contributed by atoms with Crippen LogP contribution in [0.1, 0.15) is 39.0 Å². The molecule has 1 N–H and O–H groups in total. The Labute approximate surface area is 144 Å². The van der Waals surface area contributed by atoms with E-state index in [1.165, 1.54) is 24.0 Å². The van der Waals surface area contributed by atoms with E-state index in [1.54, 1.807) is 0 Å². The van der Waals surface area contributed by atoms with Gasteiger partial charge in [-0.2, -0.15) is 0 Å². The summed E-state index contributed by atoms with van der Waals surface area (Å²) >= 11 is 5.80. The first-order valence-corrected chi connectivity index (χ1v) is 8.52. The van der Waals surface area contributed by atoms with E-state index in [9.17, 15) is 19.1 Å². The van der Waals surface area contributed by atoms with E-state index < -0.39 is 23.5 Å². The van der Waals surface area contributed by atoms with E-state index in [4.69, 9.17) is 11.6 Å². The molecule has 128 valence electrons. The molecule has 1 atom stereocenters. The summed E-state index contributed by atoms with van der Waals surface area (Å²) in [4.78, 5) is 25.9. The molecule has 24 heavy (non-hydrogen) atoms. The zero-order chi connectivity index (χ0) is 17.4. The number of nitrogens with zero attached hydrogens (tertiary/aromatic N) is 1. The van der Waals surface area contributed by atoms with Crippen molar-refractivity contribution in [2.24, 2.45) is 5.92 Å². The highest BCUT2D eigenvalue weighted by Crippen LogP contribution is 2.41. The van der Waals surface area contributed by atoms with Gasteiger partial charge >= 0.3 is 0 Å². The number of carbonyl (C=O) groups is 2. The van der Waals surface area contributed by atoms with Crippen molar-refractivity contribution in [3.05, 3.63) is 40.4 Å². The molecule has 6 heteroatoms. The number of hydrogen-bond acceptors (Lipinski definition) is 3. The molecule has 1 fully saturated rings. The van der Waals surface area contributed by atoms with Gasteiger partial charge in [0.1, 0.15) is 5.82 Å². The number of carbonyl (C=O) groups excluding carboxylic acids is 2. The van der Waals surface area contributed by atoms with Crippen LogP contribution in [0.25, 0.3) is 0 Å². The predicted molar refractivity (Wildman–Crippen MR) is 89.6 cm³/mol. The average Bonchev–Trinajstić information content (AvgIpc) is 2.81. The van der Waals surface area contributed by atoms with E-state index in [0.29, 0.717) is 0 Å². The largest absolute Gasteiger partial charge is 0.503 e. The van der Waals surface area contributed by atoms with Gasteiger partial charge in [-0.15, -0.1) is 0 Å². The fourth-order valence-electron chi connectivity index (χ4n) is 3.83. The Balaban J connectivity index is 2.09. The highest BCUT2D eigenvalue weighted by atomic mass is 35.5. The summed E-state index contributed by atoms with van der Waals surface area (Å²) in [5, 5.41) is 10.4. The molecule has 0 aromatic heterocycles. The Bertz CT molecular complexity index is 725. The van der Waals surface area contributed by atoms with Crippen LogP contribution in [0, 0.1) is 11.7 Å². The SMILES string of the molecule is CC(=O)C1=C(O)C(=O)N(c2ccc(Cl)cc2F)[C@@H]1C1CCCCC1. The third-order valence-electron chi connectivity index (χ3n) is 4.90. The lowest BCUT2D eigenvalue weighted by Crippen LogP contribution is -2.43. The molecule has 1 heterocycles. The maximum atomic E-state index is 14.4. The predicted octanol–water partition coefficient (Wildman–Crippen LogP) is 4.18. The lowest BCUT2D eigenvalue weighted by Gasteiger charge is -2.35. The summed E-state index contributed by atoms with van der Waals surface area (Å²) in [5.41, 5.74) is 0.143. The van der Waals surface area contributed by atoms with Crippen LogP contribution < -0.4 is 4.90 Å². The van der Waals surface area contributed by atoms with Crippen LogP contribution in [0.5, 0.6) is 0 Å². The summed E-state index contributed by atoms with van der Waals surface area (Å²) in [6.07, 6.45) is 4.79. The van der Waals surface area contributed by atoms with Gasteiger partial charge in [0.15, 0.2) is 11.5 Å². The minimum Gasteiger partial charge on any atom is -0.503 e. The molecule has 0 radical (unpaired) electrons. The number of hydrogen-bond donors (Lipinski definition) is 1. The van der Waals surface area contributed by atoms with Crippen molar-refractivity contribution in [1.29, 1.82) is 0 Å². The number of amides is 1. The fourth-order valence-corrected chi connectivity index (χ4v) is 3.99. The number of benzene rings is 1. The molecule has 1 aromatic carbocycles. The molecule has 1 saturated carbocycles. The lowest BCUT2D eigenvalue weighted by atomic mass is 9.80. The van der Waals surface area contributed by atoms with Crippen LogP contribution >= 0.6 is 11.6 Å². The lowest BCUT2D eigenvalue weighted by molar-refractivity contribution is -0.117. The first-order chi connectivity index (χ1) is 11.4. The minimum absolute atomic E-state index is 0.0290. The Kier molecular flexibility index (Phi) is 4.63. The summed E-state index contributed by atoms with van der Waals surface area (Å²) in [7, 11) is 0. The molecular formula is C18H19ClFNO3. The van der Waals surface area contributed by atoms with E-state index in [-0.39, 0.29) is 28.0 Å². The summed E-state index contributed by atoms with van der Waals surface area (Å²) < 4.78 is 14.4. The van der Waals surface area contributed by atoms with Crippen LogP contribution in [0.15, 0.2) is 29.5 Å². The van der Waals surface area contributed by atoms with E-state index in [1.807, 2.05) is 0 Å². The number of ketones is 1. The average molecular weight is 352 g/mol. The summed E-state index contributed by atoms with van der Waals surface area (Å²) in [6.45, 7) is 1.33. The van der Waals surface area contributed by atoms with E-state index >= 15 is 0 Å².